The summed E-state index contributed by atoms with van der Waals surface area (Å²) in [4.78, 5) is 8.59. The zero-order valence-electron chi connectivity index (χ0n) is 12.7. The monoisotopic (exact) mass is 319 g/mol. The number of pyridine rings is 1. The van der Waals surface area contributed by atoms with Crippen LogP contribution in [0.25, 0.3) is 0 Å². The van der Waals surface area contributed by atoms with E-state index in [1.54, 1.807) is 6.20 Å². The van der Waals surface area contributed by atoms with Crippen LogP contribution in [0.3, 0.4) is 0 Å². The fourth-order valence-electron chi connectivity index (χ4n) is 2.82. The molecule has 0 spiro atoms. The van der Waals surface area contributed by atoms with E-state index >= 15 is 0 Å². The van der Waals surface area contributed by atoms with Crippen LogP contribution >= 0.6 is 0 Å². The summed E-state index contributed by atoms with van der Waals surface area (Å²) in [5.41, 5.74) is 0.138. The van der Waals surface area contributed by atoms with Gasteiger partial charge in [0.15, 0.2) is 0 Å². The van der Waals surface area contributed by atoms with Crippen LogP contribution in [0.1, 0.15) is 11.7 Å². The Morgan fingerprint density at radius 3 is 2.52 bits per heavy atom. The van der Waals surface area contributed by atoms with Gasteiger partial charge in [0.05, 0.1) is 6.10 Å². The second-order valence-electron chi connectivity index (χ2n) is 5.66. The normalized spacial score (nSPS) is 17.3. The molecule has 1 aromatic heterocycles. The van der Waals surface area contributed by atoms with Crippen LogP contribution in [0, 0.1) is 11.6 Å². The fraction of sp³-hybridized carbons (Fsp3) is 0.353. The molecule has 6 heteroatoms. The van der Waals surface area contributed by atoms with Crippen LogP contribution in [0.15, 0.2) is 42.6 Å². The molecular weight excluding hydrogens is 300 g/mol. The van der Waals surface area contributed by atoms with Crippen LogP contribution in [-0.2, 0) is 0 Å². The molecule has 2 heterocycles. The van der Waals surface area contributed by atoms with E-state index in [0.29, 0.717) is 6.54 Å². The highest BCUT2D eigenvalue weighted by Gasteiger charge is 2.22. The van der Waals surface area contributed by atoms with Gasteiger partial charge in [-0.1, -0.05) is 12.1 Å². The molecule has 1 atom stereocenters. The smallest absolute Gasteiger partial charge is 0.131 e. The van der Waals surface area contributed by atoms with Crippen molar-refractivity contribution in [1.29, 1.82) is 0 Å². The Morgan fingerprint density at radius 1 is 1.09 bits per heavy atom. The van der Waals surface area contributed by atoms with Gasteiger partial charge in [-0.15, -0.1) is 0 Å². The minimum absolute atomic E-state index is 0.138. The third-order valence-corrected chi connectivity index (χ3v) is 4.10. The van der Waals surface area contributed by atoms with E-state index in [4.69, 9.17) is 0 Å². The Balaban J connectivity index is 1.56. The Kier molecular flexibility index (Phi) is 4.83. The molecule has 3 rings (SSSR count). The van der Waals surface area contributed by atoms with E-state index in [1.807, 2.05) is 18.2 Å². The summed E-state index contributed by atoms with van der Waals surface area (Å²) in [5, 5.41) is 10.2. The molecule has 0 amide bonds. The van der Waals surface area contributed by atoms with Gasteiger partial charge in [0.2, 0.25) is 0 Å². The van der Waals surface area contributed by atoms with Crippen LogP contribution < -0.4 is 4.90 Å². The number of halogens is 2. The molecule has 122 valence electrons. The molecule has 23 heavy (non-hydrogen) atoms. The maximum atomic E-state index is 13.7. The standard InChI is InChI=1S/C17H19F2N3O/c18-13-4-5-14(15(19)11-13)16(23)12-21-7-9-22(10-8-21)17-3-1-2-6-20-17/h1-6,11,16,23H,7-10,12H2/t16-/m1/s1. The molecule has 0 radical (unpaired) electrons. The lowest BCUT2D eigenvalue weighted by Gasteiger charge is -2.36. The zero-order chi connectivity index (χ0) is 16.2. The average Bonchev–Trinajstić information content (AvgIpc) is 2.56. The summed E-state index contributed by atoms with van der Waals surface area (Å²) in [6, 6.07) is 9.08. The zero-order valence-corrected chi connectivity index (χ0v) is 12.7. The summed E-state index contributed by atoms with van der Waals surface area (Å²) < 4.78 is 26.6. The van der Waals surface area contributed by atoms with Crippen molar-refractivity contribution < 1.29 is 13.9 Å². The first-order chi connectivity index (χ1) is 11.1. The molecule has 1 aliphatic rings. The van der Waals surface area contributed by atoms with Gasteiger partial charge in [-0.25, -0.2) is 13.8 Å². The van der Waals surface area contributed by atoms with E-state index < -0.39 is 17.7 Å². The minimum Gasteiger partial charge on any atom is -0.387 e. The quantitative estimate of drug-likeness (QED) is 0.938. The van der Waals surface area contributed by atoms with Crippen molar-refractivity contribution in [2.24, 2.45) is 0 Å². The highest BCUT2D eigenvalue weighted by atomic mass is 19.1. The van der Waals surface area contributed by atoms with Crippen molar-refractivity contribution in [2.45, 2.75) is 6.10 Å². The van der Waals surface area contributed by atoms with Gasteiger partial charge in [0.1, 0.15) is 17.5 Å². The Hall–Kier alpha value is -2.05. The first-order valence-corrected chi connectivity index (χ1v) is 7.65. The first-order valence-electron chi connectivity index (χ1n) is 7.65. The van der Waals surface area contributed by atoms with Crippen molar-refractivity contribution in [3.8, 4) is 0 Å². The van der Waals surface area contributed by atoms with Crippen LogP contribution in [0.5, 0.6) is 0 Å². The second-order valence-corrected chi connectivity index (χ2v) is 5.66. The van der Waals surface area contributed by atoms with Crippen LogP contribution in [-0.4, -0.2) is 47.7 Å². The molecule has 0 aliphatic carbocycles. The molecular formula is C17H19F2N3O. The summed E-state index contributed by atoms with van der Waals surface area (Å²) in [7, 11) is 0. The van der Waals surface area contributed by atoms with Gasteiger partial charge >= 0.3 is 0 Å². The van der Waals surface area contributed by atoms with Crippen molar-refractivity contribution in [1.82, 2.24) is 9.88 Å². The number of hydrogen-bond acceptors (Lipinski definition) is 4. The van der Waals surface area contributed by atoms with Gasteiger partial charge in [-0.2, -0.15) is 0 Å². The third kappa shape index (κ3) is 3.83. The van der Waals surface area contributed by atoms with Gasteiger partial charge in [0.25, 0.3) is 0 Å². The third-order valence-electron chi connectivity index (χ3n) is 4.10. The molecule has 1 aliphatic heterocycles. The van der Waals surface area contributed by atoms with E-state index in [1.165, 1.54) is 12.1 Å². The number of aliphatic hydroxyl groups excluding tert-OH is 1. The Labute approximate surface area is 134 Å². The number of β-amino-alcohol motifs (C(OH)–C–C–N with tert-alkyl or cyclic N) is 1. The van der Waals surface area contributed by atoms with Crippen LogP contribution in [0.2, 0.25) is 0 Å². The molecule has 1 fully saturated rings. The van der Waals surface area contributed by atoms with Crippen molar-refractivity contribution >= 4 is 5.82 Å². The number of aromatic nitrogens is 1. The van der Waals surface area contributed by atoms with Gasteiger partial charge in [0, 0.05) is 50.6 Å². The summed E-state index contributed by atoms with van der Waals surface area (Å²) >= 11 is 0. The highest BCUT2D eigenvalue weighted by Crippen LogP contribution is 2.20. The molecule has 0 saturated carbocycles. The van der Waals surface area contributed by atoms with E-state index in [-0.39, 0.29) is 5.56 Å². The Morgan fingerprint density at radius 2 is 1.87 bits per heavy atom. The lowest BCUT2D eigenvalue weighted by atomic mass is 10.1. The number of piperazine rings is 1. The number of nitrogens with zero attached hydrogens (tertiary/aromatic N) is 3. The van der Waals surface area contributed by atoms with Crippen molar-refractivity contribution in [2.75, 3.05) is 37.6 Å². The summed E-state index contributed by atoms with van der Waals surface area (Å²) in [5.74, 6) is -0.399. The SMILES string of the molecule is O[C@H](CN1CCN(c2ccccn2)CC1)c1ccc(F)cc1F. The summed E-state index contributed by atoms with van der Waals surface area (Å²) in [6.45, 7) is 3.46. The van der Waals surface area contributed by atoms with E-state index in [2.05, 4.69) is 14.8 Å². The number of hydrogen-bond donors (Lipinski definition) is 1. The fourth-order valence-corrected chi connectivity index (χ4v) is 2.82. The first kappa shape index (κ1) is 15.8. The second kappa shape index (κ2) is 7.02. The lowest BCUT2D eigenvalue weighted by molar-refractivity contribution is 0.106. The minimum atomic E-state index is -0.961. The van der Waals surface area contributed by atoms with Gasteiger partial charge in [-0.05, 0) is 18.2 Å². The average molecular weight is 319 g/mol. The number of benzene rings is 1. The Bertz CT molecular complexity index is 646. The molecule has 1 aromatic carbocycles. The molecule has 0 bridgehead atoms. The topological polar surface area (TPSA) is 39.6 Å². The molecule has 1 N–H and O–H groups in total. The predicted octanol–water partition coefficient (Wildman–Crippen LogP) is 2.22. The van der Waals surface area contributed by atoms with E-state index in [0.717, 1.165) is 38.1 Å². The molecule has 1 saturated heterocycles. The largest absolute Gasteiger partial charge is 0.387 e. The number of rotatable bonds is 4. The summed E-state index contributed by atoms with van der Waals surface area (Å²) in [6.07, 6.45) is 0.806. The highest BCUT2D eigenvalue weighted by molar-refractivity contribution is 5.38. The number of anilines is 1. The lowest BCUT2D eigenvalue weighted by Crippen LogP contribution is -2.47. The van der Waals surface area contributed by atoms with Crippen molar-refractivity contribution in [3.63, 3.8) is 0 Å². The maximum absolute atomic E-state index is 13.7. The van der Waals surface area contributed by atoms with E-state index in [9.17, 15) is 13.9 Å². The number of aliphatic hydroxyl groups is 1. The molecule has 0 unspecified atom stereocenters. The van der Waals surface area contributed by atoms with Gasteiger partial charge < -0.3 is 10.0 Å². The molecule has 4 nitrogen and oxygen atoms in total. The van der Waals surface area contributed by atoms with Crippen molar-refractivity contribution in [3.05, 3.63) is 59.8 Å². The maximum Gasteiger partial charge on any atom is 0.131 e. The van der Waals surface area contributed by atoms with Crippen LogP contribution in [0.4, 0.5) is 14.6 Å². The van der Waals surface area contributed by atoms with Gasteiger partial charge in [-0.3, -0.25) is 4.90 Å². The predicted molar refractivity (Wildman–Crippen MR) is 84.2 cm³/mol. The molecule has 2 aromatic rings.